The SMILES string of the molecule is Cc1c(C(=O)NCCN2CCOCC2)oc2ccc([S+]([O-])N3CCCCCC3)cc12. The third kappa shape index (κ3) is 5.00. The number of hydrogen-bond donors (Lipinski definition) is 1. The number of morpholine rings is 1. The van der Waals surface area contributed by atoms with Crippen LogP contribution in [0.5, 0.6) is 0 Å². The minimum atomic E-state index is -1.18. The maximum atomic E-state index is 13.1. The summed E-state index contributed by atoms with van der Waals surface area (Å²) in [5.74, 6) is 0.136. The highest BCUT2D eigenvalue weighted by atomic mass is 32.2. The van der Waals surface area contributed by atoms with Gasteiger partial charge in [0.25, 0.3) is 5.91 Å². The van der Waals surface area contributed by atoms with Crippen LogP contribution < -0.4 is 5.32 Å². The van der Waals surface area contributed by atoms with E-state index < -0.39 is 11.4 Å². The number of aryl methyl sites for hydroxylation is 1. The minimum absolute atomic E-state index is 0.202. The molecule has 0 aliphatic carbocycles. The number of fused-ring (bicyclic) bond motifs is 1. The number of benzene rings is 1. The number of carbonyl (C=O) groups is 1. The molecule has 4 rings (SSSR count). The fourth-order valence-electron chi connectivity index (χ4n) is 4.11. The van der Waals surface area contributed by atoms with Crippen LogP contribution in [0.4, 0.5) is 0 Å². The first-order chi connectivity index (χ1) is 14.6. The quantitative estimate of drug-likeness (QED) is 0.706. The molecule has 1 aromatic heterocycles. The van der Waals surface area contributed by atoms with Crippen LogP contribution in [0.25, 0.3) is 11.0 Å². The highest BCUT2D eigenvalue weighted by Gasteiger charge is 2.25. The summed E-state index contributed by atoms with van der Waals surface area (Å²) in [6.07, 6.45) is 4.59. The molecule has 2 aromatic rings. The van der Waals surface area contributed by atoms with Gasteiger partial charge in [-0.2, -0.15) is 0 Å². The molecule has 0 bridgehead atoms. The molecule has 1 aromatic carbocycles. The molecular weight excluding hydrogens is 402 g/mol. The zero-order valence-corrected chi connectivity index (χ0v) is 18.5. The molecule has 2 aliphatic rings. The van der Waals surface area contributed by atoms with Crippen LogP contribution in [0, 0.1) is 6.92 Å². The summed E-state index contributed by atoms with van der Waals surface area (Å²) in [6, 6.07) is 5.60. The fraction of sp³-hybridized carbons (Fsp3) is 0.591. The lowest BCUT2D eigenvalue weighted by molar-refractivity contribution is 0.0382. The average molecular weight is 434 g/mol. The van der Waals surface area contributed by atoms with Crippen LogP contribution in [0.3, 0.4) is 0 Å². The van der Waals surface area contributed by atoms with Gasteiger partial charge in [-0.15, -0.1) is 4.31 Å². The zero-order valence-electron chi connectivity index (χ0n) is 17.7. The van der Waals surface area contributed by atoms with Crippen LogP contribution in [-0.4, -0.2) is 72.1 Å². The summed E-state index contributed by atoms with van der Waals surface area (Å²) < 4.78 is 26.3. The smallest absolute Gasteiger partial charge is 0.287 e. The first-order valence-corrected chi connectivity index (χ1v) is 12.0. The van der Waals surface area contributed by atoms with Crippen molar-refractivity contribution in [3.8, 4) is 0 Å². The Morgan fingerprint density at radius 1 is 1.13 bits per heavy atom. The molecule has 7 nitrogen and oxygen atoms in total. The number of carbonyl (C=O) groups excluding carboxylic acids is 1. The van der Waals surface area contributed by atoms with Crippen molar-refractivity contribution < 1.29 is 18.5 Å². The molecule has 2 fully saturated rings. The first kappa shape index (κ1) is 21.6. The number of ether oxygens (including phenoxy) is 1. The molecule has 2 aliphatic heterocycles. The van der Waals surface area contributed by atoms with Crippen molar-refractivity contribution in [1.82, 2.24) is 14.5 Å². The van der Waals surface area contributed by atoms with Crippen molar-refractivity contribution in [2.24, 2.45) is 0 Å². The third-order valence-corrected chi connectivity index (χ3v) is 7.42. The third-order valence-electron chi connectivity index (χ3n) is 5.93. The van der Waals surface area contributed by atoms with E-state index >= 15 is 0 Å². The number of rotatable bonds is 6. The molecule has 0 spiro atoms. The van der Waals surface area contributed by atoms with Crippen molar-refractivity contribution in [3.05, 3.63) is 29.5 Å². The number of furan rings is 1. The maximum Gasteiger partial charge on any atom is 0.287 e. The van der Waals surface area contributed by atoms with Gasteiger partial charge in [-0.3, -0.25) is 9.69 Å². The summed E-state index contributed by atoms with van der Waals surface area (Å²) in [5, 5.41) is 3.82. The van der Waals surface area contributed by atoms with Crippen LogP contribution in [-0.2, 0) is 16.1 Å². The number of nitrogens with zero attached hydrogens (tertiary/aromatic N) is 2. The molecule has 3 heterocycles. The number of hydrogen-bond acceptors (Lipinski definition) is 6. The molecule has 30 heavy (non-hydrogen) atoms. The monoisotopic (exact) mass is 433 g/mol. The predicted octanol–water partition coefficient (Wildman–Crippen LogP) is 2.70. The van der Waals surface area contributed by atoms with Gasteiger partial charge in [0, 0.05) is 56.3 Å². The van der Waals surface area contributed by atoms with E-state index in [1.54, 1.807) is 0 Å². The normalized spacial score (nSPS) is 20.2. The standard InChI is InChI=1S/C22H31N3O4S/c1-17-19-16-18(30(27)25-9-4-2-3-5-10-25)6-7-20(19)29-21(17)22(26)23-8-11-24-12-14-28-15-13-24/h6-7,16H,2-5,8-15H2,1H3,(H,23,26). The first-order valence-electron chi connectivity index (χ1n) is 10.9. The van der Waals surface area contributed by atoms with Gasteiger partial charge in [-0.25, -0.2) is 0 Å². The van der Waals surface area contributed by atoms with Gasteiger partial charge in [-0.05, 0) is 31.9 Å². The molecule has 1 unspecified atom stereocenters. The topological polar surface area (TPSA) is 81.0 Å². The Kier molecular flexibility index (Phi) is 7.32. The highest BCUT2D eigenvalue weighted by Crippen LogP contribution is 2.29. The Hall–Kier alpha value is -1.58. The Labute approximate surface area is 181 Å². The highest BCUT2D eigenvalue weighted by molar-refractivity contribution is 7.89. The van der Waals surface area contributed by atoms with E-state index in [1.807, 2.05) is 25.1 Å². The lowest BCUT2D eigenvalue weighted by Crippen LogP contribution is -2.41. The fourth-order valence-corrected chi connectivity index (χ4v) is 5.41. The van der Waals surface area contributed by atoms with Gasteiger partial charge in [0.15, 0.2) is 10.7 Å². The molecule has 1 amide bonds. The Morgan fingerprint density at radius 2 is 1.87 bits per heavy atom. The van der Waals surface area contributed by atoms with Crippen LogP contribution in [0.1, 0.15) is 41.8 Å². The molecule has 8 heteroatoms. The molecular formula is C22H31N3O4S. The molecule has 164 valence electrons. The molecule has 2 saturated heterocycles. The molecule has 1 N–H and O–H groups in total. The lowest BCUT2D eigenvalue weighted by atomic mass is 10.1. The van der Waals surface area contributed by atoms with E-state index in [4.69, 9.17) is 9.15 Å². The van der Waals surface area contributed by atoms with E-state index in [-0.39, 0.29) is 5.91 Å². The summed E-state index contributed by atoms with van der Waals surface area (Å²) in [4.78, 5) is 15.7. The van der Waals surface area contributed by atoms with E-state index in [1.165, 1.54) is 12.8 Å². The predicted molar refractivity (Wildman–Crippen MR) is 117 cm³/mol. The Bertz CT molecular complexity index is 857. The van der Waals surface area contributed by atoms with Crippen molar-refractivity contribution in [2.45, 2.75) is 37.5 Å². The Morgan fingerprint density at radius 3 is 2.60 bits per heavy atom. The Balaban J connectivity index is 1.43. The minimum Gasteiger partial charge on any atom is -0.593 e. The summed E-state index contributed by atoms with van der Waals surface area (Å²) in [7, 11) is 0. The number of nitrogens with one attached hydrogen (secondary N) is 1. The van der Waals surface area contributed by atoms with E-state index in [2.05, 4.69) is 14.5 Å². The van der Waals surface area contributed by atoms with E-state index in [0.717, 1.165) is 74.6 Å². The summed E-state index contributed by atoms with van der Waals surface area (Å²) in [5.41, 5.74) is 1.45. The maximum absolute atomic E-state index is 13.1. The van der Waals surface area contributed by atoms with Crippen LogP contribution >= 0.6 is 0 Å². The second kappa shape index (κ2) is 10.2. The molecule has 0 radical (unpaired) electrons. The van der Waals surface area contributed by atoms with Crippen molar-refractivity contribution in [2.75, 3.05) is 52.5 Å². The van der Waals surface area contributed by atoms with Crippen molar-refractivity contribution in [1.29, 1.82) is 0 Å². The van der Waals surface area contributed by atoms with Crippen LogP contribution in [0.2, 0.25) is 0 Å². The number of amides is 1. The lowest BCUT2D eigenvalue weighted by Gasteiger charge is -2.26. The van der Waals surface area contributed by atoms with Gasteiger partial charge >= 0.3 is 0 Å². The van der Waals surface area contributed by atoms with E-state index in [0.29, 0.717) is 17.9 Å². The van der Waals surface area contributed by atoms with Gasteiger partial charge in [0.2, 0.25) is 0 Å². The summed E-state index contributed by atoms with van der Waals surface area (Å²) >= 11 is -1.18. The zero-order chi connectivity index (χ0) is 20.9. The van der Waals surface area contributed by atoms with Gasteiger partial charge in [0.1, 0.15) is 5.58 Å². The van der Waals surface area contributed by atoms with Gasteiger partial charge in [-0.1, -0.05) is 12.8 Å². The largest absolute Gasteiger partial charge is 0.593 e. The second-order valence-electron chi connectivity index (χ2n) is 8.02. The van der Waals surface area contributed by atoms with Crippen LogP contribution in [0.15, 0.2) is 27.5 Å². The van der Waals surface area contributed by atoms with Gasteiger partial charge < -0.3 is 19.0 Å². The van der Waals surface area contributed by atoms with Crippen molar-refractivity contribution >= 4 is 28.2 Å². The average Bonchev–Trinajstić information content (AvgIpc) is 2.94. The van der Waals surface area contributed by atoms with Gasteiger partial charge in [0.05, 0.1) is 24.6 Å². The summed E-state index contributed by atoms with van der Waals surface area (Å²) in [6.45, 7) is 8.29. The van der Waals surface area contributed by atoms with Crippen molar-refractivity contribution in [3.63, 3.8) is 0 Å². The molecule has 1 atom stereocenters. The van der Waals surface area contributed by atoms with E-state index in [9.17, 15) is 9.35 Å². The molecule has 0 saturated carbocycles. The second-order valence-corrected chi connectivity index (χ2v) is 9.50.